The molecule has 3 N–H and O–H groups in total. The second kappa shape index (κ2) is 16.4. The maximum absolute atomic E-state index is 13.9. The first-order chi connectivity index (χ1) is 21.4. The van der Waals surface area contributed by atoms with Crippen LogP contribution in [-0.4, -0.2) is 84.1 Å². The zero-order chi connectivity index (χ0) is 34.7. The van der Waals surface area contributed by atoms with E-state index in [4.69, 9.17) is 29.3 Å². The third-order valence-electron chi connectivity index (χ3n) is 5.85. The number of aliphatic carboxylic acids is 2. The molecule has 4 rings (SSSR count). The fourth-order valence-corrected chi connectivity index (χ4v) is 3.59. The van der Waals surface area contributed by atoms with E-state index >= 15 is 0 Å². The van der Waals surface area contributed by atoms with E-state index in [1.165, 1.54) is 6.07 Å². The molecule has 0 saturated carbocycles. The lowest BCUT2D eigenvalue weighted by atomic mass is 9.95. The Kier molecular flexibility index (Phi) is 13.3. The molecule has 1 atom stereocenters. The number of pyridine rings is 1. The number of carbonyl (C=O) groups is 3. The first kappa shape index (κ1) is 37.3. The number of hydrogen-bond acceptors (Lipinski definition) is 7. The number of carboxylic acids is 2. The van der Waals surface area contributed by atoms with Gasteiger partial charge in [0.2, 0.25) is 5.91 Å². The monoisotopic (exact) mass is 663 g/mol. The highest BCUT2D eigenvalue weighted by Crippen LogP contribution is 2.33. The third kappa shape index (κ3) is 11.9. The van der Waals surface area contributed by atoms with Gasteiger partial charge in [-0.1, -0.05) is 18.2 Å². The molecule has 0 saturated heterocycles. The van der Waals surface area contributed by atoms with Crippen molar-refractivity contribution >= 4 is 23.5 Å². The fraction of sp³-hybridized carbons (Fsp3) is 0.310. The summed E-state index contributed by atoms with van der Waals surface area (Å²) in [5.74, 6) is -5.68. The molecule has 17 heteroatoms. The Labute approximate surface area is 257 Å². The van der Waals surface area contributed by atoms with Crippen molar-refractivity contribution in [3.05, 3.63) is 72.3 Å². The number of anilines is 1. The number of likely N-dealkylation sites (N-methyl/N-ethyl adjacent to an activating group) is 1. The van der Waals surface area contributed by atoms with Crippen LogP contribution in [-0.2, 0) is 20.8 Å². The molecule has 1 amide bonds. The summed E-state index contributed by atoms with van der Waals surface area (Å²) in [6, 6.07) is 14.3. The van der Waals surface area contributed by atoms with Gasteiger partial charge in [-0.3, -0.25) is 9.78 Å². The maximum Gasteiger partial charge on any atom is 0.490 e. The van der Waals surface area contributed by atoms with Gasteiger partial charge in [0.05, 0.1) is 11.6 Å². The zero-order valence-corrected chi connectivity index (χ0v) is 24.2. The Hall–Kier alpha value is -4.93. The molecule has 0 aliphatic carbocycles. The van der Waals surface area contributed by atoms with Gasteiger partial charge in [0.15, 0.2) is 11.6 Å². The smallest absolute Gasteiger partial charge is 0.490 e. The highest BCUT2D eigenvalue weighted by Gasteiger charge is 2.39. The Balaban J connectivity index is 0.000000440. The summed E-state index contributed by atoms with van der Waals surface area (Å²) in [6.45, 7) is 1.35. The summed E-state index contributed by atoms with van der Waals surface area (Å²) in [7, 11) is 3.95. The minimum absolute atomic E-state index is 0.131. The van der Waals surface area contributed by atoms with Crippen molar-refractivity contribution in [2.45, 2.75) is 18.8 Å². The van der Waals surface area contributed by atoms with Gasteiger partial charge < -0.3 is 29.9 Å². The number of alkyl halides is 6. The van der Waals surface area contributed by atoms with E-state index in [9.17, 15) is 35.5 Å². The van der Waals surface area contributed by atoms with Crippen molar-refractivity contribution in [2.24, 2.45) is 5.92 Å². The SMILES string of the molecule is CN(C)CCOc1cc(-c2ccncc2)ccc1NC(=O)C1COc2c(F)cccc2C1.O=C(O)C(F)(F)F.O=C(O)C(F)(F)F. The number of ether oxygens (including phenoxy) is 2. The molecule has 1 unspecified atom stereocenters. The predicted octanol–water partition coefficient (Wildman–Crippen LogP) is 5.28. The Morgan fingerprint density at radius 2 is 1.54 bits per heavy atom. The van der Waals surface area contributed by atoms with E-state index in [2.05, 4.69) is 10.3 Å². The first-order valence-electron chi connectivity index (χ1n) is 13.0. The van der Waals surface area contributed by atoms with E-state index in [0.717, 1.165) is 17.7 Å². The quantitative estimate of drug-likeness (QED) is 0.288. The molecule has 250 valence electrons. The number of aromatic nitrogens is 1. The van der Waals surface area contributed by atoms with E-state index in [1.807, 2.05) is 49.3 Å². The van der Waals surface area contributed by atoms with Crippen LogP contribution in [0.5, 0.6) is 11.5 Å². The van der Waals surface area contributed by atoms with Crippen molar-refractivity contribution in [2.75, 3.05) is 39.2 Å². The van der Waals surface area contributed by atoms with Gasteiger partial charge in [-0.05, 0) is 67.5 Å². The molecule has 3 aromatic rings. The average molecular weight is 664 g/mol. The van der Waals surface area contributed by atoms with Gasteiger partial charge in [-0.15, -0.1) is 0 Å². The molecular formula is C29H28F7N3O7. The number of nitrogens with zero attached hydrogens (tertiary/aromatic N) is 2. The molecular weight excluding hydrogens is 635 g/mol. The molecule has 1 aliphatic rings. The number of benzene rings is 2. The van der Waals surface area contributed by atoms with Crippen LogP contribution in [0.4, 0.5) is 36.4 Å². The number of carboxylic acid groups (broad SMARTS) is 2. The molecule has 1 aliphatic heterocycles. The molecule has 0 spiro atoms. The normalized spacial score (nSPS) is 13.9. The molecule has 0 fully saturated rings. The van der Waals surface area contributed by atoms with Crippen LogP contribution in [0.1, 0.15) is 5.56 Å². The van der Waals surface area contributed by atoms with Crippen LogP contribution in [0.2, 0.25) is 0 Å². The van der Waals surface area contributed by atoms with E-state index in [0.29, 0.717) is 30.0 Å². The fourth-order valence-electron chi connectivity index (χ4n) is 3.59. The minimum Gasteiger partial charge on any atom is -0.490 e. The van der Waals surface area contributed by atoms with Crippen LogP contribution in [0, 0.1) is 11.7 Å². The van der Waals surface area contributed by atoms with Crippen molar-refractivity contribution in [1.82, 2.24) is 9.88 Å². The van der Waals surface area contributed by atoms with E-state index < -0.39 is 36.0 Å². The Bertz CT molecular complexity index is 1460. The summed E-state index contributed by atoms with van der Waals surface area (Å²) < 4.78 is 88.9. The van der Waals surface area contributed by atoms with Gasteiger partial charge in [0.25, 0.3) is 0 Å². The van der Waals surface area contributed by atoms with Gasteiger partial charge in [0, 0.05) is 18.9 Å². The number of amides is 1. The van der Waals surface area contributed by atoms with Crippen LogP contribution < -0.4 is 14.8 Å². The van der Waals surface area contributed by atoms with Gasteiger partial charge >= 0.3 is 24.3 Å². The van der Waals surface area contributed by atoms with Crippen molar-refractivity contribution < 1.29 is 64.8 Å². The number of fused-ring (bicyclic) bond motifs is 1. The number of hydrogen-bond donors (Lipinski definition) is 3. The standard InChI is InChI=1S/C25H26FN3O3.2C2HF3O2/c1-29(2)12-13-31-23-15-18(17-8-10-27-11-9-17)6-7-22(23)28-25(30)20-14-19-4-3-5-21(26)24(19)32-16-20;2*3-2(4,5)1(6)7/h3-11,15,20H,12-14,16H2,1-2H3,(H,28,30);2*(H,6,7). The van der Waals surface area contributed by atoms with Crippen LogP contribution in [0.15, 0.2) is 60.9 Å². The van der Waals surface area contributed by atoms with E-state index in [-0.39, 0.29) is 18.3 Å². The lowest BCUT2D eigenvalue weighted by Gasteiger charge is -2.25. The summed E-state index contributed by atoms with van der Waals surface area (Å²) in [5.41, 5.74) is 3.27. The van der Waals surface area contributed by atoms with Crippen LogP contribution in [0.25, 0.3) is 11.1 Å². The van der Waals surface area contributed by atoms with Crippen LogP contribution >= 0.6 is 0 Å². The van der Waals surface area contributed by atoms with Gasteiger partial charge in [0.1, 0.15) is 19.0 Å². The second-order valence-electron chi connectivity index (χ2n) is 9.63. The number of halogens is 7. The summed E-state index contributed by atoms with van der Waals surface area (Å²) in [6.07, 6.45) is -6.27. The van der Waals surface area contributed by atoms with E-state index in [1.54, 1.807) is 24.5 Å². The van der Waals surface area contributed by atoms with Crippen molar-refractivity contribution in [3.8, 4) is 22.6 Å². The maximum atomic E-state index is 13.9. The Morgan fingerprint density at radius 3 is 2.09 bits per heavy atom. The van der Waals surface area contributed by atoms with Gasteiger partial charge in [-0.2, -0.15) is 26.3 Å². The number of carbonyl (C=O) groups excluding carboxylic acids is 1. The first-order valence-corrected chi connectivity index (χ1v) is 13.0. The molecule has 2 heterocycles. The molecule has 10 nitrogen and oxygen atoms in total. The highest BCUT2D eigenvalue weighted by atomic mass is 19.4. The molecule has 0 bridgehead atoms. The summed E-state index contributed by atoms with van der Waals surface area (Å²) >= 11 is 0. The Morgan fingerprint density at radius 1 is 0.957 bits per heavy atom. The van der Waals surface area contributed by atoms with Crippen molar-refractivity contribution in [1.29, 1.82) is 0 Å². The average Bonchev–Trinajstić information content (AvgIpc) is 2.98. The largest absolute Gasteiger partial charge is 0.490 e. The molecule has 46 heavy (non-hydrogen) atoms. The molecule has 0 radical (unpaired) electrons. The van der Waals surface area contributed by atoms with Crippen molar-refractivity contribution in [3.63, 3.8) is 0 Å². The van der Waals surface area contributed by atoms with Gasteiger partial charge in [-0.25, -0.2) is 14.0 Å². The number of nitrogens with one attached hydrogen (secondary N) is 1. The number of rotatable bonds is 7. The third-order valence-corrected chi connectivity index (χ3v) is 5.85. The lowest BCUT2D eigenvalue weighted by molar-refractivity contribution is -0.193. The highest BCUT2D eigenvalue weighted by molar-refractivity contribution is 5.95. The molecule has 1 aromatic heterocycles. The topological polar surface area (TPSA) is 138 Å². The zero-order valence-electron chi connectivity index (χ0n) is 24.2. The lowest BCUT2D eigenvalue weighted by Crippen LogP contribution is -2.33. The second-order valence-corrected chi connectivity index (χ2v) is 9.63. The predicted molar refractivity (Wildman–Crippen MR) is 149 cm³/mol. The molecule has 2 aromatic carbocycles. The summed E-state index contributed by atoms with van der Waals surface area (Å²) in [5, 5.41) is 17.2. The van der Waals surface area contributed by atoms with Crippen LogP contribution in [0.3, 0.4) is 0 Å². The number of para-hydroxylation sites is 1. The summed E-state index contributed by atoms with van der Waals surface area (Å²) in [4.78, 5) is 36.9. The minimum atomic E-state index is -5.08.